The first-order chi connectivity index (χ1) is 11.7. The number of halogens is 2. The van der Waals surface area contributed by atoms with Crippen LogP contribution in [0.4, 0.5) is 0 Å². The maximum atomic E-state index is 12.4. The van der Waals surface area contributed by atoms with Gasteiger partial charge in [0.1, 0.15) is 0 Å². The first kappa shape index (κ1) is 25.2. The van der Waals surface area contributed by atoms with Gasteiger partial charge in [0, 0.05) is 32.6 Å². The fourth-order valence-corrected chi connectivity index (χ4v) is 3.49. The van der Waals surface area contributed by atoms with Crippen LogP contribution < -0.4 is 5.73 Å². The fraction of sp³-hybridized carbons (Fsp3) is 0.650. The molecule has 6 heteroatoms. The first-order valence-electron chi connectivity index (χ1n) is 9.42. The molecule has 0 bridgehead atoms. The summed E-state index contributed by atoms with van der Waals surface area (Å²) in [6.07, 6.45) is 7.29. The summed E-state index contributed by atoms with van der Waals surface area (Å²) in [6.45, 7) is 3.86. The van der Waals surface area contributed by atoms with E-state index in [-0.39, 0.29) is 24.8 Å². The Morgan fingerprint density at radius 1 is 1.15 bits per heavy atom. The SMILES string of the molecule is CN(C(=O)CCCCCCN)C1CCCN(Cc2ccccc2)C1.Cl.Cl. The molecule has 0 saturated carbocycles. The normalized spacial score (nSPS) is 17.1. The van der Waals surface area contributed by atoms with E-state index >= 15 is 0 Å². The van der Waals surface area contributed by atoms with E-state index in [4.69, 9.17) is 5.73 Å². The molecule has 1 aliphatic heterocycles. The quantitative estimate of drug-likeness (QED) is 0.636. The van der Waals surface area contributed by atoms with Gasteiger partial charge in [-0.1, -0.05) is 43.2 Å². The van der Waals surface area contributed by atoms with Gasteiger partial charge in [0.05, 0.1) is 0 Å². The summed E-state index contributed by atoms with van der Waals surface area (Å²) in [5.41, 5.74) is 6.86. The summed E-state index contributed by atoms with van der Waals surface area (Å²) < 4.78 is 0. The molecule has 1 saturated heterocycles. The van der Waals surface area contributed by atoms with E-state index in [0.717, 1.165) is 58.3 Å². The van der Waals surface area contributed by atoms with Crippen molar-refractivity contribution in [1.82, 2.24) is 9.80 Å². The Morgan fingerprint density at radius 3 is 2.54 bits per heavy atom. The number of benzene rings is 1. The topological polar surface area (TPSA) is 49.6 Å². The molecule has 1 aliphatic rings. The number of rotatable bonds is 9. The minimum atomic E-state index is 0. The van der Waals surface area contributed by atoms with Gasteiger partial charge in [0.2, 0.25) is 5.91 Å². The van der Waals surface area contributed by atoms with Crippen LogP contribution in [0.5, 0.6) is 0 Å². The number of hydrogen-bond donors (Lipinski definition) is 1. The summed E-state index contributed by atoms with van der Waals surface area (Å²) >= 11 is 0. The van der Waals surface area contributed by atoms with Gasteiger partial charge >= 0.3 is 0 Å². The van der Waals surface area contributed by atoms with Crippen molar-refractivity contribution in [2.45, 2.75) is 57.5 Å². The second-order valence-corrected chi connectivity index (χ2v) is 6.97. The molecule has 0 spiro atoms. The van der Waals surface area contributed by atoms with Crippen LogP contribution >= 0.6 is 24.8 Å². The Balaban J connectivity index is 0.00000312. The zero-order chi connectivity index (χ0) is 17.2. The number of nitrogens with two attached hydrogens (primary N) is 1. The van der Waals surface area contributed by atoms with Gasteiger partial charge in [0.15, 0.2) is 0 Å². The monoisotopic (exact) mass is 403 g/mol. The molecule has 1 atom stereocenters. The number of nitrogens with zero attached hydrogens (tertiary/aromatic N) is 2. The molecule has 1 fully saturated rings. The van der Waals surface area contributed by atoms with Crippen molar-refractivity contribution in [3.63, 3.8) is 0 Å². The van der Waals surface area contributed by atoms with Crippen LogP contribution in [0, 0.1) is 0 Å². The Morgan fingerprint density at radius 2 is 1.85 bits per heavy atom. The number of carbonyl (C=O) groups excluding carboxylic acids is 1. The number of unbranched alkanes of at least 4 members (excludes halogenated alkanes) is 3. The van der Waals surface area contributed by atoms with Crippen molar-refractivity contribution in [1.29, 1.82) is 0 Å². The maximum absolute atomic E-state index is 12.4. The van der Waals surface area contributed by atoms with Gasteiger partial charge in [-0.15, -0.1) is 24.8 Å². The van der Waals surface area contributed by atoms with Gasteiger partial charge in [-0.05, 0) is 44.3 Å². The van der Waals surface area contributed by atoms with Crippen molar-refractivity contribution < 1.29 is 4.79 Å². The molecule has 150 valence electrons. The molecule has 0 aliphatic carbocycles. The molecule has 2 rings (SSSR count). The lowest BCUT2D eigenvalue weighted by atomic mass is 10.0. The predicted octanol–water partition coefficient (Wildman–Crippen LogP) is 3.86. The summed E-state index contributed by atoms with van der Waals surface area (Å²) in [5, 5.41) is 0. The van der Waals surface area contributed by atoms with E-state index in [1.165, 1.54) is 12.0 Å². The number of piperidine rings is 1. The average Bonchev–Trinajstić information content (AvgIpc) is 2.62. The van der Waals surface area contributed by atoms with Crippen molar-refractivity contribution in [2.75, 3.05) is 26.7 Å². The summed E-state index contributed by atoms with van der Waals surface area (Å²) in [5.74, 6) is 0.300. The van der Waals surface area contributed by atoms with Crippen LogP contribution in [0.1, 0.15) is 50.5 Å². The van der Waals surface area contributed by atoms with E-state index in [1.54, 1.807) is 0 Å². The van der Waals surface area contributed by atoms with Gasteiger partial charge in [0.25, 0.3) is 0 Å². The van der Waals surface area contributed by atoms with E-state index < -0.39 is 0 Å². The molecule has 1 heterocycles. The predicted molar refractivity (Wildman–Crippen MR) is 114 cm³/mol. The molecular formula is C20H35Cl2N3O. The van der Waals surface area contributed by atoms with E-state index in [2.05, 4.69) is 35.2 Å². The largest absolute Gasteiger partial charge is 0.341 e. The van der Waals surface area contributed by atoms with Gasteiger partial charge in [-0.2, -0.15) is 0 Å². The summed E-state index contributed by atoms with van der Waals surface area (Å²) in [6, 6.07) is 11.0. The van der Waals surface area contributed by atoms with Crippen molar-refractivity contribution >= 4 is 30.7 Å². The highest BCUT2D eigenvalue weighted by Crippen LogP contribution is 2.18. The number of carbonyl (C=O) groups is 1. The second kappa shape index (κ2) is 14.3. The number of likely N-dealkylation sites (tertiary alicyclic amines) is 1. The Kier molecular flexibility index (Phi) is 13.8. The van der Waals surface area contributed by atoms with Gasteiger partial charge in [-0.25, -0.2) is 0 Å². The van der Waals surface area contributed by atoms with E-state index in [1.807, 2.05) is 11.9 Å². The van der Waals surface area contributed by atoms with Crippen molar-refractivity contribution in [3.8, 4) is 0 Å². The minimum absolute atomic E-state index is 0. The third-order valence-electron chi connectivity index (χ3n) is 5.02. The Hall–Kier alpha value is -0.810. The molecule has 1 amide bonds. The highest BCUT2D eigenvalue weighted by molar-refractivity contribution is 5.85. The van der Waals surface area contributed by atoms with Crippen molar-refractivity contribution in [2.24, 2.45) is 5.73 Å². The number of amides is 1. The molecule has 0 radical (unpaired) electrons. The average molecular weight is 404 g/mol. The highest BCUT2D eigenvalue weighted by Gasteiger charge is 2.25. The number of hydrogen-bond acceptors (Lipinski definition) is 3. The third kappa shape index (κ3) is 8.72. The molecule has 1 aromatic carbocycles. The summed E-state index contributed by atoms with van der Waals surface area (Å²) in [7, 11) is 1.99. The van der Waals surface area contributed by atoms with Crippen molar-refractivity contribution in [3.05, 3.63) is 35.9 Å². The van der Waals surface area contributed by atoms with Crippen LogP contribution in [0.15, 0.2) is 30.3 Å². The Bertz CT molecular complexity index is 487. The highest BCUT2D eigenvalue weighted by atomic mass is 35.5. The Labute approximate surface area is 171 Å². The molecule has 26 heavy (non-hydrogen) atoms. The smallest absolute Gasteiger partial charge is 0.222 e. The van der Waals surface area contributed by atoms with Crippen LogP contribution in [0.25, 0.3) is 0 Å². The van der Waals surface area contributed by atoms with E-state index in [9.17, 15) is 4.79 Å². The van der Waals surface area contributed by atoms with Crippen LogP contribution in [-0.2, 0) is 11.3 Å². The zero-order valence-corrected chi connectivity index (χ0v) is 17.6. The zero-order valence-electron chi connectivity index (χ0n) is 15.9. The van der Waals surface area contributed by atoms with Crippen LogP contribution in [0.2, 0.25) is 0 Å². The lowest BCUT2D eigenvalue weighted by molar-refractivity contribution is -0.133. The molecule has 1 unspecified atom stereocenters. The van der Waals surface area contributed by atoms with Gasteiger partial charge in [-0.3, -0.25) is 9.69 Å². The maximum Gasteiger partial charge on any atom is 0.222 e. The molecule has 2 N–H and O–H groups in total. The first-order valence-corrected chi connectivity index (χ1v) is 9.42. The molecular weight excluding hydrogens is 369 g/mol. The second-order valence-electron chi connectivity index (χ2n) is 6.97. The molecule has 1 aromatic rings. The fourth-order valence-electron chi connectivity index (χ4n) is 3.49. The standard InChI is InChI=1S/C20H33N3O.2ClH/c1-22(20(24)13-7-2-3-8-14-21)19-12-9-15-23(17-19)16-18-10-5-4-6-11-18;;/h4-6,10-11,19H,2-3,7-9,12-17,21H2,1H3;2*1H. The van der Waals surface area contributed by atoms with Crippen LogP contribution in [0.3, 0.4) is 0 Å². The molecule has 0 aromatic heterocycles. The lowest BCUT2D eigenvalue weighted by Crippen LogP contribution is -2.48. The lowest BCUT2D eigenvalue weighted by Gasteiger charge is -2.37. The minimum Gasteiger partial charge on any atom is -0.341 e. The molecule has 4 nitrogen and oxygen atoms in total. The van der Waals surface area contributed by atoms with E-state index in [0.29, 0.717) is 18.4 Å². The number of likely N-dealkylation sites (N-methyl/N-ethyl adjacent to an activating group) is 1. The summed E-state index contributed by atoms with van der Waals surface area (Å²) in [4.78, 5) is 16.9. The van der Waals surface area contributed by atoms with Crippen LogP contribution in [-0.4, -0.2) is 48.4 Å². The third-order valence-corrected chi connectivity index (χ3v) is 5.02. The van der Waals surface area contributed by atoms with Gasteiger partial charge < -0.3 is 10.6 Å².